The number of piperidine rings is 1. The molecule has 7 nitrogen and oxygen atoms in total. The highest BCUT2D eigenvalue weighted by atomic mass is 16.5. The minimum absolute atomic E-state index is 0.0808. The fourth-order valence-electron chi connectivity index (χ4n) is 4.26. The highest BCUT2D eigenvalue weighted by Crippen LogP contribution is 2.25. The predicted molar refractivity (Wildman–Crippen MR) is 118 cm³/mol. The van der Waals surface area contributed by atoms with Crippen LogP contribution in [-0.4, -0.2) is 53.3 Å². The monoisotopic (exact) mass is 426 g/mol. The average molecular weight is 427 g/mol. The van der Waals surface area contributed by atoms with Gasteiger partial charge in [-0.25, -0.2) is 0 Å². The molecule has 1 unspecified atom stereocenters. The van der Waals surface area contributed by atoms with Gasteiger partial charge in [0.1, 0.15) is 0 Å². The molecule has 1 N–H and O–H groups in total. The Labute approximate surface area is 184 Å². The Hall–Kier alpha value is -2.25. The van der Waals surface area contributed by atoms with Crippen molar-refractivity contribution in [2.24, 2.45) is 5.92 Å². The van der Waals surface area contributed by atoms with Gasteiger partial charge in [-0.1, -0.05) is 50.2 Å². The molecule has 1 aromatic carbocycles. The molecule has 2 fully saturated rings. The van der Waals surface area contributed by atoms with Gasteiger partial charge in [-0.2, -0.15) is 4.98 Å². The van der Waals surface area contributed by atoms with Crippen molar-refractivity contribution in [2.45, 2.75) is 64.5 Å². The maximum Gasteiger partial charge on any atom is 0.241 e. The first-order chi connectivity index (χ1) is 14.9. The Bertz CT molecular complexity index is 858. The normalized spacial score (nSPS) is 20.8. The summed E-state index contributed by atoms with van der Waals surface area (Å²) in [5, 5.41) is 7.23. The van der Waals surface area contributed by atoms with Crippen LogP contribution >= 0.6 is 0 Å². The van der Waals surface area contributed by atoms with Crippen LogP contribution in [-0.2, 0) is 21.5 Å². The summed E-state index contributed by atoms with van der Waals surface area (Å²) in [4.78, 5) is 19.3. The minimum atomic E-state index is 0.0808. The molecule has 0 saturated carbocycles. The highest BCUT2D eigenvalue weighted by Gasteiger charge is 2.27. The van der Waals surface area contributed by atoms with Crippen LogP contribution in [0.1, 0.15) is 57.9 Å². The second-order valence-corrected chi connectivity index (χ2v) is 9.77. The van der Waals surface area contributed by atoms with Gasteiger partial charge in [-0.3, -0.25) is 9.69 Å². The van der Waals surface area contributed by atoms with Gasteiger partial charge in [-0.05, 0) is 49.8 Å². The first kappa shape index (κ1) is 22.0. The summed E-state index contributed by atoms with van der Waals surface area (Å²) in [5.74, 6) is 1.49. The lowest BCUT2D eigenvalue weighted by molar-refractivity contribution is -0.127. The molecule has 4 rings (SSSR count). The van der Waals surface area contributed by atoms with E-state index in [4.69, 9.17) is 9.26 Å². The maximum absolute atomic E-state index is 12.4. The summed E-state index contributed by atoms with van der Waals surface area (Å²) < 4.78 is 11.1. The number of amides is 1. The van der Waals surface area contributed by atoms with Gasteiger partial charge in [0.25, 0.3) is 0 Å². The van der Waals surface area contributed by atoms with Crippen molar-refractivity contribution in [3.63, 3.8) is 0 Å². The summed E-state index contributed by atoms with van der Waals surface area (Å²) in [6, 6.07) is 8.35. The Morgan fingerprint density at radius 2 is 1.90 bits per heavy atom. The molecule has 0 aliphatic carbocycles. The van der Waals surface area contributed by atoms with E-state index in [0.29, 0.717) is 24.8 Å². The largest absolute Gasteiger partial charge is 0.376 e. The number of benzene rings is 1. The van der Waals surface area contributed by atoms with Gasteiger partial charge in [0, 0.05) is 24.6 Å². The molecule has 0 radical (unpaired) electrons. The van der Waals surface area contributed by atoms with E-state index in [1.54, 1.807) is 0 Å². The molecule has 1 aromatic heterocycles. The molecule has 2 aliphatic rings. The van der Waals surface area contributed by atoms with Gasteiger partial charge >= 0.3 is 0 Å². The van der Waals surface area contributed by atoms with Gasteiger partial charge in [0.05, 0.1) is 12.6 Å². The summed E-state index contributed by atoms with van der Waals surface area (Å²) in [6.07, 6.45) is 4.05. The fourth-order valence-corrected chi connectivity index (χ4v) is 4.26. The topological polar surface area (TPSA) is 80.5 Å². The highest BCUT2D eigenvalue weighted by molar-refractivity contribution is 5.78. The molecular weight excluding hydrogens is 392 g/mol. The van der Waals surface area contributed by atoms with E-state index >= 15 is 0 Å². The van der Waals surface area contributed by atoms with Crippen LogP contribution in [0.15, 0.2) is 28.8 Å². The fraction of sp³-hybridized carbons (Fsp3) is 0.625. The number of hydrogen-bond acceptors (Lipinski definition) is 6. The van der Waals surface area contributed by atoms with Crippen LogP contribution in [0.5, 0.6) is 0 Å². The van der Waals surface area contributed by atoms with E-state index in [1.807, 2.05) is 0 Å². The number of aromatic nitrogens is 2. The zero-order chi connectivity index (χ0) is 21.8. The van der Waals surface area contributed by atoms with E-state index in [-0.39, 0.29) is 23.3 Å². The van der Waals surface area contributed by atoms with Crippen molar-refractivity contribution >= 4 is 5.91 Å². The van der Waals surface area contributed by atoms with E-state index in [0.717, 1.165) is 50.9 Å². The lowest BCUT2D eigenvalue weighted by Crippen LogP contribution is -2.42. The van der Waals surface area contributed by atoms with E-state index in [2.05, 4.69) is 65.4 Å². The Balaban J connectivity index is 1.24. The third kappa shape index (κ3) is 5.71. The third-order valence-electron chi connectivity index (χ3n) is 6.32. The number of nitrogens with one attached hydrogen (secondary N) is 1. The number of nitrogens with zero attached hydrogens (tertiary/aromatic N) is 3. The first-order valence-corrected chi connectivity index (χ1v) is 11.4. The molecule has 2 aliphatic heterocycles. The van der Waals surface area contributed by atoms with Crippen LogP contribution in [0.3, 0.4) is 0 Å². The first-order valence-electron chi connectivity index (χ1n) is 11.4. The number of ether oxygens (including phenoxy) is 1. The average Bonchev–Trinajstić information content (AvgIpc) is 3.44. The second kappa shape index (κ2) is 9.49. The molecule has 0 bridgehead atoms. The molecule has 3 heterocycles. The van der Waals surface area contributed by atoms with Crippen molar-refractivity contribution < 1.29 is 14.1 Å². The maximum atomic E-state index is 12.4. The van der Waals surface area contributed by atoms with Crippen molar-refractivity contribution in [3.05, 3.63) is 35.7 Å². The number of hydrogen-bond donors (Lipinski definition) is 1. The van der Waals surface area contributed by atoms with Crippen LogP contribution in [0.25, 0.3) is 11.4 Å². The van der Waals surface area contributed by atoms with Crippen molar-refractivity contribution in [3.8, 4) is 11.4 Å². The zero-order valence-electron chi connectivity index (χ0n) is 18.9. The number of carbonyl (C=O) groups is 1. The molecule has 1 atom stereocenters. The number of rotatable bonds is 6. The van der Waals surface area contributed by atoms with Crippen molar-refractivity contribution in [1.29, 1.82) is 0 Å². The molecule has 2 saturated heterocycles. The SMILES string of the molecule is CC(C)(C)c1ccc(-c2noc(CN3CCC(C(=O)NCC4CCCO4)CC3)n2)cc1. The van der Waals surface area contributed by atoms with Crippen molar-refractivity contribution in [1.82, 2.24) is 20.4 Å². The van der Waals surface area contributed by atoms with E-state index in [9.17, 15) is 4.79 Å². The van der Waals surface area contributed by atoms with Gasteiger partial charge in [-0.15, -0.1) is 0 Å². The molecule has 0 spiro atoms. The predicted octanol–water partition coefficient (Wildman–Crippen LogP) is 3.54. The molecule has 168 valence electrons. The molecule has 2 aromatic rings. The standard InChI is InChI=1S/C24H34N4O3/c1-24(2,3)19-8-6-17(7-9-19)22-26-21(31-27-22)16-28-12-10-18(11-13-28)23(29)25-15-20-5-4-14-30-20/h6-9,18,20H,4-5,10-16H2,1-3H3,(H,25,29). The van der Waals surface area contributed by atoms with Gasteiger partial charge in [0.2, 0.25) is 17.6 Å². The molecular formula is C24H34N4O3. The smallest absolute Gasteiger partial charge is 0.241 e. The van der Waals surface area contributed by atoms with Crippen molar-refractivity contribution in [2.75, 3.05) is 26.2 Å². The third-order valence-corrected chi connectivity index (χ3v) is 6.32. The summed E-state index contributed by atoms with van der Waals surface area (Å²) in [6.45, 7) is 10.4. The van der Waals surface area contributed by atoms with Crippen LogP contribution in [0.4, 0.5) is 0 Å². The lowest BCUT2D eigenvalue weighted by Gasteiger charge is -2.30. The Kier molecular flexibility index (Phi) is 6.72. The van der Waals surface area contributed by atoms with Gasteiger partial charge < -0.3 is 14.6 Å². The zero-order valence-corrected chi connectivity index (χ0v) is 18.9. The van der Waals surface area contributed by atoms with Crippen LogP contribution < -0.4 is 5.32 Å². The molecule has 7 heteroatoms. The Morgan fingerprint density at radius 1 is 1.16 bits per heavy atom. The van der Waals surface area contributed by atoms with Crippen LogP contribution in [0, 0.1) is 5.92 Å². The molecule has 31 heavy (non-hydrogen) atoms. The minimum Gasteiger partial charge on any atom is -0.376 e. The number of likely N-dealkylation sites (tertiary alicyclic amines) is 1. The van der Waals surface area contributed by atoms with Crippen LogP contribution in [0.2, 0.25) is 0 Å². The second-order valence-electron chi connectivity index (χ2n) is 9.77. The summed E-state index contributed by atoms with van der Waals surface area (Å²) >= 11 is 0. The Morgan fingerprint density at radius 3 is 2.55 bits per heavy atom. The number of carbonyl (C=O) groups excluding carboxylic acids is 1. The lowest BCUT2D eigenvalue weighted by atomic mass is 9.87. The summed E-state index contributed by atoms with van der Waals surface area (Å²) in [5.41, 5.74) is 2.36. The van der Waals surface area contributed by atoms with E-state index in [1.165, 1.54) is 5.56 Å². The summed E-state index contributed by atoms with van der Waals surface area (Å²) in [7, 11) is 0. The quantitative estimate of drug-likeness (QED) is 0.761. The van der Waals surface area contributed by atoms with Gasteiger partial charge in [0.15, 0.2) is 0 Å². The van der Waals surface area contributed by atoms with E-state index < -0.39 is 0 Å². The molecule has 1 amide bonds.